The third-order valence-electron chi connectivity index (χ3n) is 4.13. The molecule has 0 fully saturated rings. The van der Waals surface area contributed by atoms with Gasteiger partial charge in [-0.25, -0.2) is 4.98 Å². The molecule has 0 unspecified atom stereocenters. The van der Waals surface area contributed by atoms with Crippen LogP contribution in [0.2, 0.25) is 5.02 Å². The van der Waals surface area contributed by atoms with Gasteiger partial charge in [0.25, 0.3) is 5.56 Å². The number of thioether (sulfide) groups is 1. The molecule has 0 saturated carbocycles. The van der Waals surface area contributed by atoms with E-state index in [2.05, 4.69) is 10.3 Å². The van der Waals surface area contributed by atoms with Gasteiger partial charge in [0.15, 0.2) is 5.16 Å². The van der Waals surface area contributed by atoms with E-state index in [4.69, 9.17) is 16.3 Å². The Labute approximate surface area is 178 Å². The average molecular weight is 432 g/mol. The summed E-state index contributed by atoms with van der Waals surface area (Å²) < 4.78 is 7.18. The minimum atomic E-state index is -0.146. The third kappa shape index (κ3) is 5.52. The molecular formula is C21H22ClN3O3S. The van der Waals surface area contributed by atoms with Crippen molar-refractivity contribution in [3.8, 4) is 5.75 Å². The molecule has 0 saturated heterocycles. The highest BCUT2D eigenvalue weighted by Crippen LogP contribution is 2.20. The number of benzene rings is 2. The number of nitrogens with zero attached hydrogens (tertiary/aromatic N) is 2. The number of halogens is 1. The van der Waals surface area contributed by atoms with Crippen molar-refractivity contribution in [3.05, 3.63) is 63.9 Å². The first-order valence-corrected chi connectivity index (χ1v) is 10.6. The summed E-state index contributed by atoms with van der Waals surface area (Å²) in [6, 6.07) is 14.2. The number of aromatic nitrogens is 2. The molecule has 1 heterocycles. The van der Waals surface area contributed by atoms with Crippen molar-refractivity contribution in [1.82, 2.24) is 14.9 Å². The smallest absolute Gasteiger partial charge is 0.262 e. The predicted octanol–water partition coefficient (Wildman–Crippen LogP) is 3.92. The van der Waals surface area contributed by atoms with Gasteiger partial charge in [-0.3, -0.25) is 14.2 Å². The molecule has 0 atom stereocenters. The molecule has 8 heteroatoms. The number of hydrogen-bond donors (Lipinski definition) is 1. The molecule has 0 spiro atoms. The lowest BCUT2D eigenvalue weighted by atomic mass is 10.2. The van der Waals surface area contributed by atoms with Crippen LogP contribution in [-0.4, -0.2) is 34.4 Å². The fourth-order valence-corrected chi connectivity index (χ4v) is 3.84. The standard InChI is InChI=1S/C21H22ClN3O3S/c1-14(2)25-20(27)17-5-3-4-6-18(17)24-21(25)29-13-19(26)23-11-12-28-16-9-7-15(22)8-10-16/h3-10,14H,11-13H2,1-2H3,(H,23,26). The number of ether oxygens (including phenoxy) is 1. The molecule has 0 aliphatic rings. The van der Waals surface area contributed by atoms with Crippen molar-refractivity contribution in [2.24, 2.45) is 0 Å². The molecule has 1 amide bonds. The van der Waals surface area contributed by atoms with Crippen LogP contribution in [0.1, 0.15) is 19.9 Å². The average Bonchev–Trinajstić information content (AvgIpc) is 2.70. The second-order valence-electron chi connectivity index (χ2n) is 6.62. The molecule has 3 rings (SSSR count). The van der Waals surface area contributed by atoms with Crippen LogP contribution in [-0.2, 0) is 4.79 Å². The summed E-state index contributed by atoms with van der Waals surface area (Å²) in [5.41, 5.74) is 0.540. The quantitative estimate of drug-likeness (QED) is 0.332. The first-order chi connectivity index (χ1) is 14.0. The normalized spacial score (nSPS) is 11.0. The molecule has 2 aromatic carbocycles. The van der Waals surface area contributed by atoms with Crippen LogP contribution in [0.5, 0.6) is 5.75 Å². The summed E-state index contributed by atoms with van der Waals surface area (Å²) in [5.74, 6) is 0.713. The third-order valence-corrected chi connectivity index (χ3v) is 5.34. The zero-order valence-electron chi connectivity index (χ0n) is 16.2. The van der Waals surface area contributed by atoms with Crippen LogP contribution in [0.25, 0.3) is 10.9 Å². The van der Waals surface area contributed by atoms with Crippen molar-refractivity contribution >= 4 is 40.2 Å². The van der Waals surface area contributed by atoms with E-state index in [-0.39, 0.29) is 23.3 Å². The van der Waals surface area contributed by atoms with Crippen molar-refractivity contribution in [2.45, 2.75) is 25.0 Å². The maximum atomic E-state index is 12.8. The maximum Gasteiger partial charge on any atom is 0.262 e. The highest BCUT2D eigenvalue weighted by Gasteiger charge is 2.15. The van der Waals surface area contributed by atoms with E-state index in [1.54, 1.807) is 41.0 Å². The lowest BCUT2D eigenvalue weighted by Gasteiger charge is -2.16. The van der Waals surface area contributed by atoms with Gasteiger partial charge in [-0.1, -0.05) is 35.5 Å². The first kappa shape index (κ1) is 21.2. The molecule has 152 valence electrons. The van der Waals surface area contributed by atoms with E-state index in [0.29, 0.717) is 40.0 Å². The second kappa shape index (κ2) is 9.80. The van der Waals surface area contributed by atoms with Crippen molar-refractivity contribution in [3.63, 3.8) is 0 Å². The molecule has 1 aromatic heterocycles. The highest BCUT2D eigenvalue weighted by molar-refractivity contribution is 7.99. The topological polar surface area (TPSA) is 73.2 Å². The van der Waals surface area contributed by atoms with Crippen LogP contribution < -0.4 is 15.6 Å². The monoisotopic (exact) mass is 431 g/mol. The van der Waals surface area contributed by atoms with Crippen molar-refractivity contribution in [2.75, 3.05) is 18.9 Å². The minimum Gasteiger partial charge on any atom is -0.492 e. The lowest BCUT2D eigenvalue weighted by Crippen LogP contribution is -2.30. The molecule has 0 bridgehead atoms. The molecule has 29 heavy (non-hydrogen) atoms. The molecular weight excluding hydrogens is 410 g/mol. The van der Waals surface area contributed by atoms with Crippen molar-refractivity contribution in [1.29, 1.82) is 0 Å². The summed E-state index contributed by atoms with van der Waals surface area (Å²) >= 11 is 7.08. The molecule has 0 aliphatic heterocycles. The van der Waals surface area contributed by atoms with E-state index in [1.165, 1.54) is 11.8 Å². The number of carbonyl (C=O) groups excluding carboxylic acids is 1. The van der Waals surface area contributed by atoms with Gasteiger partial charge in [-0.2, -0.15) is 0 Å². The van der Waals surface area contributed by atoms with Gasteiger partial charge in [0.1, 0.15) is 12.4 Å². The highest BCUT2D eigenvalue weighted by atomic mass is 35.5. The predicted molar refractivity (Wildman–Crippen MR) is 117 cm³/mol. The Morgan fingerprint density at radius 3 is 2.66 bits per heavy atom. The Bertz CT molecular complexity index is 1050. The molecule has 3 aromatic rings. The fraction of sp³-hybridized carbons (Fsp3) is 0.286. The molecule has 1 N–H and O–H groups in total. The SMILES string of the molecule is CC(C)n1c(SCC(=O)NCCOc2ccc(Cl)cc2)nc2ccccc2c1=O. The van der Waals surface area contributed by atoms with Crippen LogP contribution in [0, 0.1) is 0 Å². The minimum absolute atomic E-state index is 0.0575. The number of amides is 1. The Hall–Kier alpha value is -2.51. The number of fused-ring (bicyclic) bond motifs is 1. The Morgan fingerprint density at radius 1 is 1.21 bits per heavy atom. The maximum absolute atomic E-state index is 12.8. The summed E-state index contributed by atoms with van der Waals surface area (Å²) in [6.07, 6.45) is 0. The summed E-state index contributed by atoms with van der Waals surface area (Å²) in [6.45, 7) is 4.58. The van der Waals surface area contributed by atoms with Gasteiger partial charge >= 0.3 is 0 Å². The van der Waals surface area contributed by atoms with Crippen LogP contribution in [0.3, 0.4) is 0 Å². The van der Waals surface area contributed by atoms with Crippen molar-refractivity contribution < 1.29 is 9.53 Å². The van der Waals surface area contributed by atoms with Gasteiger partial charge < -0.3 is 10.1 Å². The first-order valence-electron chi connectivity index (χ1n) is 9.25. The molecule has 0 aliphatic carbocycles. The van der Waals surface area contributed by atoms with Crippen LogP contribution in [0.15, 0.2) is 58.5 Å². The Balaban J connectivity index is 1.57. The number of para-hydroxylation sites is 1. The van der Waals surface area contributed by atoms with Gasteiger partial charge in [-0.05, 0) is 50.2 Å². The second-order valence-corrected chi connectivity index (χ2v) is 8.00. The summed E-state index contributed by atoms with van der Waals surface area (Å²) in [5, 5.41) is 4.57. The Kier molecular flexibility index (Phi) is 7.17. The van der Waals surface area contributed by atoms with E-state index >= 15 is 0 Å². The summed E-state index contributed by atoms with van der Waals surface area (Å²) in [7, 11) is 0. The number of rotatable bonds is 8. The number of carbonyl (C=O) groups is 1. The van der Waals surface area contributed by atoms with Crippen LogP contribution >= 0.6 is 23.4 Å². The van der Waals surface area contributed by atoms with E-state index in [0.717, 1.165) is 0 Å². The van der Waals surface area contributed by atoms with Crippen LogP contribution in [0.4, 0.5) is 0 Å². The largest absolute Gasteiger partial charge is 0.492 e. The Morgan fingerprint density at radius 2 is 1.93 bits per heavy atom. The molecule has 0 radical (unpaired) electrons. The van der Waals surface area contributed by atoms with E-state index in [1.807, 2.05) is 26.0 Å². The van der Waals surface area contributed by atoms with E-state index in [9.17, 15) is 9.59 Å². The fourth-order valence-electron chi connectivity index (χ4n) is 2.75. The number of nitrogens with one attached hydrogen (secondary N) is 1. The number of hydrogen-bond acceptors (Lipinski definition) is 5. The van der Waals surface area contributed by atoms with E-state index < -0.39 is 0 Å². The lowest BCUT2D eigenvalue weighted by molar-refractivity contribution is -0.118. The van der Waals surface area contributed by atoms with Gasteiger partial charge in [-0.15, -0.1) is 0 Å². The zero-order valence-corrected chi connectivity index (χ0v) is 17.8. The molecule has 6 nitrogen and oxygen atoms in total. The summed E-state index contributed by atoms with van der Waals surface area (Å²) in [4.78, 5) is 29.6. The van der Waals surface area contributed by atoms with Gasteiger partial charge in [0, 0.05) is 11.1 Å². The van der Waals surface area contributed by atoms with Gasteiger partial charge in [0.05, 0.1) is 23.2 Å². The zero-order chi connectivity index (χ0) is 20.8. The van der Waals surface area contributed by atoms with Gasteiger partial charge in [0.2, 0.25) is 5.91 Å².